The van der Waals surface area contributed by atoms with Gasteiger partial charge >= 0.3 is 0 Å². The first kappa shape index (κ1) is 12.2. The lowest BCUT2D eigenvalue weighted by Gasteiger charge is -2.11. The van der Waals surface area contributed by atoms with E-state index in [1.165, 1.54) is 9.75 Å². The zero-order valence-corrected chi connectivity index (χ0v) is 10.2. The van der Waals surface area contributed by atoms with Gasteiger partial charge in [-0.3, -0.25) is 4.79 Å². The van der Waals surface area contributed by atoms with E-state index in [4.69, 9.17) is 4.74 Å². The number of hydrogen-bond donors (Lipinski definition) is 1. The van der Waals surface area contributed by atoms with E-state index < -0.39 is 0 Å². The fourth-order valence-electron chi connectivity index (χ4n) is 1.22. The standard InChI is InChI=1S/C11H17NO2S/c1-4-14-9(3)11(13)12-7-10-6-5-8(2)15-10/h5-6,9H,4,7H2,1-3H3,(H,12,13)/t9-/m1/s1. The molecule has 0 aliphatic heterocycles. The molecule has 3 nitrogen and oxygen atoms in total. The molecule has 0 aliphatic rings. The zero-order valence-electron chi connectivity index (χ0n) is 9.37. The van der Waals surface area contributed by atoms with Gasteiger partial charge in [-0.15, -0.1) is 11.3 Å². The molecule has 4 heteroatoms. The molecular formula is C11H17NO2S. The third-order valence-corrected chi connectivity index (χ3v) is 3.02. The highest BCUT2D eigenvalue weighted by atomic mass is 32.1. The van der Waals surface area contributed by atoms with Crippen LogP contribution in [0.3, 0.4) is 0 Å². The number of amides is 1. The maximum absolute atomic E-state index is 11.5. The number of aryl methyl sites for hydroxylation is 1. The van der Waals surface area contributed by atoms with Crippen molar-refractivity contribution in [2.75, 3.05) is 6.61 Å². The summed E-state index contributed by atoms with van der Waals surface area (Å²) in [4.78, 5) is 13.9. The molecular weight excluding hydrogens is 210 g/mol. The third-order valence-electron chi connectivity index (χ3n) is 2.02. The normalized spacial score (nSPS) is 12.5. The Morgan fingerprint density at radius 3 is 2.87 bits per heavy atom. The second-order valence-corrected chi connectivity index (χ2v) is 4.70. The maximum Gasteiger partial charge on any atom is 0.249 e. The van der Waals surface area contributed by atoms with Crippen LogP contribution in [0.4, 0.5) is 0 Å². The Hall–Kier alpha value is -0.870. The molecule has 1 N–H and O–H groups in total. The Morgan fingerprint density at radius 1 is 1.60 bits per heavy atom. The molecule has 0 spiro atoms. The van der Waals surface area contributed by atoms with Crippen molar-refractivity contribution in [2.24, 2.45) is 0 Å². The van der Waals surface area contributed by atoms with E-state index in [1.54, 1.807) is 18.3 Å². The van der Waals surface area contributed by atoms with Crippen LogP contribution >= 0.6 is 11.3 Å². The van der Waals surface area contributed by atoms with Crippen molar-refractivity contribution in [3.8, 4) is 0 Å². The van der Waals surface area contributed by atoms with Crippen molar-refractivity contribution in [3.63, 3.8) is 0 Å². The first-order chi connectivity index (χ1) is 7.13. The summed E-state index contributed by atoms with van der Waals surface area (Å²) in [6.07, 6.45) is -0.365. The van der Waals surface area contributed by atoms with Crippen LogP contribution in [0.25, 0.3) is 0 Å². The van der Waals surface area contributed by atoms with Crippen molar-refractivity contribution >= 4 is 17.2 Å². The molecule has 15 heavy (non-hydrogen) atoms. The van der Waals surface area contributed by atoms with E-state index in [0.717, 1.165) is 0 Å². The van der Waals surface area contributed by atoms with Gasteiger partial charge in [-0.25, -0.2) is 0 Å². The van der Waals surface area contributed by atoms with Gasteiger partial charge in [0, 0.05) is 16.4 Å². The lowest BCUT2D eigenvalue weighted by Crippen LogP contribution is -2.33. The van der Waals surface area contributed by atoms with Crippen molar-refractivity contribution < 1.29 is 9.53 Å². The summed E-state index contributed by atoms with van der Waals surface area (Å²) in [5.41, 5.74) is 0. The molecule has 1 amide bonds. The lowest BCUT2D eigenvalue weighted by molar-refractivity contribution is -0.131. The molecule has 1 aromatic rings. The smallest absolute Gasteiger partial charge is 0.249 e. The minimum atomic E-state index is -0.365. The van der Waals surface area contributed by atoms with Gasteiger partial charge in [0.05, 0.1) is 6.54 Å². The number of carbonyl (C=O) groups excluding carboxylic acids is 1. The molecule has 84 valence electrons. The highest BCUT2D eigenvalue weighted by molar-refractivity contribution is 7.11. The Labute approximate surface area is 94.5 Å². The number of thiophene rings is 1. The summed E-state index contributed by atoms with van der Waals surface area (Å²) in [5.74, 6) is -0.0529. The fourth-order valence-corrected chi connectivity index (χ4v) is 2.05. The van der Waals surface area contributed by atoms with Crippen molar-refractivity contribution in [1.82, 2.24) is 5.32 Å². The predicted octanol–water partition coefficient (Wildman–Crippen LogP) is 2.10. The molecule has 1 rings (SSSR count). The number of hydrogen-bond acceptors (Lipinski definition) is 3. The molecule has 0 saturated carbocycles. The van der Waals surface area contributed by atoms with Gasteiger partial charge in [0.2, 0.25) is 5.91 Å². The average Bonchev–Trinajstić information content (AvgIpc) is 2.61. The molecule has 1 aromatic heterocycles. The fraction of sp³-hybridized carbons (Fsp3) is 0.545. The van der Waals surface area contributed by atoms with Gasteiger partial charge < -0.3 is 10.1 Å². The van der Waals surface area contributed by atoms with Gasteiger partial charge in [0.1, 0.15) is 6.10 Å². The van der Waals surface area contributed by atoms with Crippen molar-refractivity contribution in [1.29, 1.82) is 0 Å². The van der Waals surface area contributed by atoms with Crippen LogP contribution in [0.15, 0.2) is 12.1 Å². The highest BCUT2D eigenvalue weighted by Crippen LogP contribution is 2.14. The Kier molecular flexibility index (Phi) is 4.78. The van der Waals surface area contributed by atoms with E-state index in [2.05, 4.69) is 18.3 Å². The van der Waals surface area contributed by atoms with Crippen LogP contribution in [0.2, 0.25) is 0 Å². The first-order valence-corrected chi connectivity index (χ1v) is 5.89. The van der Waals surface area contributed by atoms with Crippen LogP contribution in [-0.4, -0.2) is 18.6 Å². The second-order valence-electron chi connectivity index (χ2n) is 3.33. The minimum absolute atomic E-state index is 0.0529. The van der Waals surface area contributed by atoms with E-state index in [0.29, 0.717) is 13.2 Å². The van der Waals surface area contributed by atoms with Crippen LogP contribution < -0.4 is 5.32 Å². The molecule has 1 atom stereocenters. The van der Waals surface area contributed by atoms with E-state index in [-0.39, 0.29) is 12.0 Å². The molecule has 0 bridgehead atoms. The second kappa shape index (κ2) is 5.88. The predicted molar refractivity (Wildman–Crippen MR) is 62.0 cm³/mol. The van der Waals surface area contributed by atoms with E-state index >= 15 is 0 Å². The van der Waals surface area contributed by atoms with Gasteiger partial charge in [-0.2, -0.15) is 0 Å². The Balaban J connectivity index is 2.34. The quantitative estimate of drug-likeness (QED) is 0.836. The van der Waals surface area contributed by atoms with Gasteiger partial charge in [0.15, 0.2) is 0 Å². The molecule has 0 radical (unpaired) electrons. The Morgan fingerprint density at radius 2 is 2.33 bits per heavy atom. The number of nitrogens with one attached hydrogen (secondary N) is 1. The summed E-state index contributed by atoms with van der Waals surface area (Å²) < 4.78 is 5.19. The van der Waals surface area contributed by atoms with Gasteiger partial charge in [0.25, 0.3) is 0 Å². The summed E-state index contributed by atoms with van der Waals surface area (Å²) in [7, 11) is 0. The Bertz CT molecular complexity index is 322. The van der Waals surface area contributed by atoms with E-state index in [9.17, 15) is 4.79 Å². The maximum atomic E-state index is 11.5. The summed E-state index contributed by atoms with van der Waals surface area (Å²) in [6, 6.07) is 4.09. The number of carbonyl (C=O) groups is 1. The molecule has 0 unspecified atom stereocenters. The number of ether oxygens (including phenoxy) is 1. The monoisotopic (exact) mass is 227 g/mol. The van der Waals surface area contributed by atoms with E-state index in [1.807, 2.05) is 13.0 Å². The first-order valence-electron chi connectivity index (χ1n) is 5.08. The topological polar surface area (TPSA) is 38.3 Å². The minimum Gasteiger partial charge on any atom is -0.369 e. The molecule has 0 aromatic carbocycles. The van der Waals surface area contributed by atoms with Gasteiger partial charge in [-0.05, 0) is 32.9 Å². The SMILES string of the molecule is CCO[C@H](C)C(=O)NCc1ccc(C)s1. The summed E-state index contributed by atoms with van der Waals surface area (Å²) in [6.45, 7) is 6.85. The largest absolute Gasteiger partial charge is 0.369 e. The third kappa shape index (κ3) is 4.01. The molecule has 0 fully saturated rings. The van der Waals surface area contributed by atoms with Crippen LogP contribution in [0.1, 0.15) is 23.6 Å². The highest BCUT2D eigenvalue weighted by Gasteiger charge is 2.11. The zero-order chi connectivity index (χ0) is 11.3. The van der Waals surface area contributed by atoms with Crippen LogP contribution in [0, 0.1) is 6.92 Å². The molecule has 0 saturated heterocycles. The van der Waals surface area contributed by atoms with Crippen molar-refractivity contribution in [3.05, 3.63) is 21.9 Å². The summed E-state index contributed by atoms with van der Waals surface area (Å²) in [5, 5.41) is 2.84. The molecule has 1 heterocycles. The molecule has 0 aliphatic carbocycles. The van der Waals surface area contributed by atoms with Crippen LogP contribution in [0.5, 0.6) is 0 Å². The van der Waals surface area contributed by atoms with Crippen molar-refractivity contribution in [2.45, 2.75) is 33.4 Å². The lowest BCUT2D eigenvalue weighted by atomic mass is 10.3. The average molecular weight is 227 g/mol. The summed E-state index contributed by atoms with van der Waals surface area (Å²) >= 11 is 1.70. The van der Waals surface area contributed by atoms with Gasteiger partial charge in [-0.1, -0.05) is 0 Å². The van der Waals surface area contributed by atoms with Crippen LogP contribution in [-0.2, 0) is 16.1 Å². The number of rotatable bonds is 5.